The second-order valence-electron chi connectivity index (χ2n) is 3.82. The second kappa shape index (κ2) is 10.8. The van der Waals surface area contributed by atoms with Gasteiger partial charge in [-0.1, -0.05) is 12.1 Å². The first-order chi connectivity index (χ1) is 10.4. The summed E-state index contributed by atoms with van der Waals surface area (Å²) in [7, 11) is 3.00. The molecule has 0 spiro atoms. The lowest BCUT2D eigenvalue weighted by Gasteiger charge is -2.02. The lowest BCUT2D eigenvalue weighted by Crippen LogP contribution is -2.21. The minimum Gasteiger partial charge on any atom is -0.497 e. The summed E-state index contributed by atoms with van der Waals surface area (Å²) < 4.78 is 9.49. The summed E-state index contributed by atoms with van der Waals surface area (Å²) in [5.41, 5.74) is 0.836. The van der Waals surface area contributed by atoms with Crippen LogP contribution in [0.15, 0.2) is 42.8 Å². The van der Waals surface area contributed by atoms with Crippen LogP contribution in [0.3, 0.4) is 0 Å². The van der Waals surface area contributed by atoms with E-state index in [4.69, 9.17) is 14.9 Å². The Morgan fingerprint density at radius 1 is 1.23 bits per heavy atom. The van der Waals surface area contributed by atoms with E-state index in [0.29, 0.717) is 0 Å². The number of hydrogen-bond donors (Lipinski definition) is 3. The molecule has 120 valence electrons. The molecule has 7 nitrogen and oxygen atoms in total. The van der Waals surface area contributed by atoms with E-state index < -0.39 is 11.9 Å². The Kier molecular flexibility index (Phi) is 9.33. The van der Waals surface area contributed by atoms with Crippen molar-refractivity contribution in [1.29, 1.82) is 0 Å². The van der Waals surface area contributed by atoms with Crippen molar-refractivity contribution in [2.24, 2.45) is 0 Å². The molecule has 0 saturated carbocycles. The highest BCUT2D eigenvalue weighted by Gasteiger charge is 1.94. The molecule has 0 aliphatic rings. The molecule has 7 heteroatoms. The molecule has 1 aromatic rings. The predicted molar refractivity (Wildman–Crippen MR) is 81.5 cm³/mol. The zero-order valence-electron chi connectivity index (χ0n) is 12.4. The monoisotopic (exact) mass is 309 g/mol. The molecule has 0 bridgehead atoms. The Hall–Kier alpha value is -2.96. The molecule has 0 aliphatic heterocycles. The van der Waals surface area contributed by atoms with Crippen LogP contribution in [-0.4, -0.2) is 42.9 Å². The van der Waals surface area contributed by atoms with Gasteiger partial charge in [-0.25, -0.2) is 4.79 Å². The fraction of sp³-hybridized carbons (Fsp3) is 0.200. The van der Waals surface area contributed by atoms with Crippen molar-refractivity contribution >= 4 is 18.0 Å². The lowest BCUT2D eigenvalue weighted by atomic mass is 10.2. The quantitative estimate of drug-likeness (QED) is 0.518. The van der Waals surface area contributed by atoms with Gasteiger partial charge >= 0.3 is 11.9 Å². The van der Waals surface area contributed by atoms with E-state index in [1.54, 1.807) is 31.4 Å². The molecule has 1 rings (SSSR count). The molecule has 0 radical (unpaired) electrons. The Labute approximate surface area is 128 Å². The Bertz CT molecular complexity index is 521. The van der Waals surface area contributed by atoms with Crippen LogP contribution in [0.2, 0.25) is 0 Å². The maximum atomic E-state index is 10.2. The summed E-state index contributed by atoms with van der Waals surface area (Å²) in [6, 6.07) is 7.14. The van der Waals surface area contributed by atoms with Crippen LogP contribution in [0.1, 0.15) is 5.56 Å². The van der Waals surface area contributed by atoms with E-state index in [0.717, 1.165) is 17.4 Å². The van der Waals surface area contributed by atoms with Crippen molar-refractivity contribution < 1.29 is 29.3 Å². The number of methoxy groups -OCH3 is 2. The topological polar surface area (TPSA) is 105 Å². The van der Waals surface area contributed by atoms with Crippen LogP contribution in [0.4, 0.5) is 0 Å². The van der Waals surface area contributed by atoms with Crippen molar-refractivity contribution in [3.05, 3.63) is 48.4 Å². The predicted octanol–water partition coefficient (Wildman–Crippen LogP) is 1.57. The van der Waals surface area contributed by atoms with Crippen LogP contribution in [0.25, 0.3) is 6.08 Å². The molecule has 0 fully saturated rings. The number of carboxylic acid groups (broad SMARTS) is 2. The molecule has 0 aromatic heterocycles. The SMILES string of the molecule is C=C(NCC(=O)O)OC.COc1ccc(C=CC(=O)O)cc1. The van der Waals surface area contributed by atoms with E-state index in [-0.39, 0.29) is 12.4 Å². The standard InChI is InChI=1S/C10H10O3.C5H9NO3/c1-13-9-5-2-8(3-6-9)4-7-10(11)12;1-4(9-2)6-3-5(7)8/h2-7H,1H3,(H,11,12);6H,1,3H2,2H3,(H,7,8). The largest absolute Gasteiger partial charge is 0.497 e. The maximum Gasteiger partial charge on any atom is 0.328 e. The summed E-state index contributed by atoms with van der Waals surface area (Å²) in [5.74, 6) is -0.867. The third-order valence-corrected chi connectivity index (χ3v) is 2.22. The molecule has 0 amide bonds. The summed E-state index contributed by atoms with van der Waals surface area (Å²) in [5, 5.41) is 18.9. The molecule has 0 heterocycles. The average molecular weight is 309 g/mol. The number of aliphatic carboxylic acids is 2. The fourth-order valence-corrected chi connectivity index (χ4v) is 1.13. The Balaban J connectivity index is 0.000000433. The average Bonchev–Trinajstić information content (AvgIpc) is 2.51. The summed E-state index contributed by atoms with van der Waals surface area (Å²) in [6.07, 6.45) is 2.63. The van der Waals surface area contributed by atoms with Gasteiger partial charge < -0.3 is 25.0 Å². The molecule has 1 aromatic carbocycles. The summed E-state index contributed by atoms with van der Waals surface area (Å²) >= 11 is 0. The van der Waals surface area contributed by atoms with E-state index in [2.05, 4.69) is 16.6 Å². The van der Waals surface area contributed by atoms with Gasteiger partial charge in [0.05, 0.1) is 14.2 Å². The van der Waals surface area contributed by atoms with Crippen molar-refractivity contribution in [2.75, 3.05) is 20.8 Å². The van der Waals surface area contributed by atoms with Crippen LogP contribution in [0.5, 0.6) is 5.75 Å². The molecule has 0 atom stereocenters. The smallest absolute Gasteiger partial charge is 0.328 e. The van der Waals surface area contributed by atoms with Crippen molar-refractivity contribution in [3.63, 3.8) is 0 Å². The summed E-state index contributed by atoms with van der Waals surface area (Å²) in [6.45, 7) is 3.19. The highest BCUT2D eigenvalue weighted by molar-refractivity contribution is 5.85. The van der Waals surface area contributed by atoms with Crippen molar-refractivity contribution in [2.45, 2.75) is 0 Å². The van der Waals surface area contributed by atoms with Gasteiger partial charge in [-0.3, -0.25) is 4.79 Å². The zero-order valence-corrected chi connectivity index (χ0v) is 12.4. The van der Waals surface area contributed by atoms with E-state index in [1.807, 2.05) is 0 Å². The molecular weight excluding hydrogens is 290 g/mol. The van der Waals surface area contributed by atoms with Gasteiger partial charge in [-0.05, 0) is 30.4 Å². The van der Waals surface area contributed by atoms with Gasteiger partial charge in [0.2, 0.25) is 0 Å². The normalized spacial score (nSPS) is 9.36. The summed E-state index contributed by atoms with van der Waals surface area (Å²) in [4.78, 5) is 20.0. The number of ether oxygens (including phenoxy) is 2. The molecule has 0 aliphatic carbocycles. The minimum atomic E-state index is -0.948. The first-order valence-corrected chi connectivity index (χ1v) is 6.12. The highest BCUT2D eigenvalue weighted by Crippen LogP contribution is 2.11. The molecule has 22 heavy (non-hydrogen) atoms. The van der Waals surface area contributed by atoms with Crippen molar-refractivity contribution in [3.8, 4) is 5.75 Å². The maximum absolute atomic E-state index is 10.2. The highest BCUT2D eigenvalue weighted by atomic mass is 16.5. The van der Waals surface area contributed by atoms with Crippen LogP contribution in [0, 0.1) is 0 Å². The van der Waals surface area contributed by atoms with Gasteiger partial charge in [0.15, 0.2) is 5.88 Å². The van der Waals surface area contributed by atoms with Crippen LogP contribution >= 0.6 is 0 Å². The van der Waals surface area contributed by atoms with E-state index in [1.165, 1.54) is 13.2 Å². The van der Waals surface area contributed by atoms with Crippen LogP contribution in [-0.2, 0) is 14.3 Å². The van der Waals surface area contributed by atoms with Gasteiger partial charge in [-0.15, -0.1) is 0 Å². The van der Waals surface area contributed by atoms with Crippen LogP contribution < -0.4 is 10.1 Å². The molecule has 0 unspecified atom stereocenters. The number of benzene rings is 1. The third-order valence-electron chi connectivity index (χ3n) is 2.22. The molecule has 3 N–H and O–H groups in total. The van der Waals surface area contributed by atoms with Crippen molar-refractivity contribution in [1.82, 2.24) is 5.32 Å². The van der Waals surface area contributed by atoms with E-state index in [9.17, 15) is 9.59 Å². The van der Waals surface area contributed by atoms with Gasteiger partial charge in [-0.2, -0.15) is 0 Å². The molecular formula is C15H19NO6. The number of rotatable bonds is 7. The van der Waals surface area contributed by atoms with Gasteiger partial charge in [0.1, 0.15) is 12.3 Å². The Morgan fingerprint density at radius 2 is 1.82 bits per heavy atom. The number of nitrogens with one attached hydrogen (secondary N) is 1. The first kappa shape index (κ1) is 19.0. The minimum absolute atomic E-state index is 0.160. The lowest BCUT2D eigenvalue weighted by molar-refractivity contribution is -0.136. The fourth-order valence-electron chi connectivity index (χ4n) is 1.13. The second-order valence-corrected chi connectivity index (χ2v) is 3.82. The number of carbonyl (C=O) groups is 2. The van der Waals surface area contributed by atoms with Gasteiger partial charge in [0.25, 0.3) is 0 Å². The Morgan fingerprint density at radius 3 is 2.23 bits per heavy atom. The zero-order chi connectivity index (χ0) is 17.0. The number of hydrogen-bond acceptors (Lipinski definition) is 5. The third kappa shape index (κ3) is 9.90. The number of carboxylic acids is 2. The van der Waals surface area contributed by atoms with E-state index >= 15 is 0 Å². The molecule has 0 saturated heterocycles. The van der Waals surface area contributed by atoms with Gasteiger partial charge in [0, 0.05) is 6.08 Å². The first-order valence-electron chi connectivity index (χ1n) is 6.12.